The van der Waals surface area contributed by atoms with Crippen LogP contribution in [-0.2, 0) is 28.1 Å². The van der Waals surface area contributed by atoms with Crippen LogP contribution in [0, 0.1) is 11.8 Å². The molecular formula is C14H25N5O4S. The van der Waals surface area contributed by atoms with Crippen LogP contribution in [-0.4, -0.2) is 68.1 Å². The molecular weight excluding hydrogens is 334 g/mol. The van der Waals surface area contributed by atoms with Gasteiger partial charge in [-0.15, -0.1) is 0 Å². The van der Waals surface area contributed by atoms with E-state index in [1.54, 1.807) is 7.11 Å². The van der Waals surface area contributed by atoms with Crippen LogP contribution in [0.2, 0.25) is 0 Å². The van der Waals surface area contributed by atoms with Gasteiger partial charge in [0, 0.05) is 40.3 Å². The van der Waals surface area contributed by atoms with Crippen molar-refractivity contribution in [3.05, 3.63) is 11.7 Å². The molecule has 1 aromatic rings. The maximum atomic E-state index is 12.2. The predicted molar refractivity (Wildman–Crippen MR) is 86.0 cm³/mol. The first-order chi connectivity index (χ1) is 11.4. The number of nitrogens with one attached hydrogen (secondary N) is 1. The highest BCUT2D eigenvalue weighted by atomic mass is 32.2. The summed E-state index contributed by atoms with van der Waals surface area (Å²) in [7, 11) is 1.23. The highest BCUT2D eigenvalue weighted by Gasteiger charge is 2.44. The summed E-state index contributed by atoms with van der Waals surface area (Å²) in [6, 6.07) is -0.0775. The first-order valence-electron chi connectivity index (χ1n) is 8.11. The van der Waals surface area contributed by atoms with Crippen molar-refractivity contribution in [2.24, 2.45) is 11.8 Å². The van der Waals surface area contributed by atoms with Gasteiger partial charge in [-0.1, -0.05) is 5.16 Å². The minimum atomic E-state index is -3.43. The van der Waals surface area contributed by atoms with Crippen LogP contribution in [0.15, 0.2) is 4.52 Å². The van der Waals surface area contributed by atoms with Gasteiger partial charge in [0.2, 0.25) is 5.89 Å². The van der Waals surface area contributed by atoms with E-state index in [4.69, 9.17) is 9.26 Å². The highest BCUT2D eigenvalue weighted by Crippen LogP contribution is 2.41. The zero-order valence-electron chi connectivity index (χ0n) is 14.3. The Bertz CT molecular complexity index is 658. The molecule has 9 nitrogen and oxygen atoms in total. The fourth-order valence-electron chi connectivity index (χ4n) is 3.20. The summed E-state index contributed by atoms with van der Waals surface area (Å²) < 4.78 is 38.6. The molecule has 1 aromatic heterocycles. The van der Waals surface area contributed by atoms with Gasteiger partial charge >= 0.3 is 0 Å². The molecule has 1 aliphatic heterocycles. The molecule has 0 bridgehead atoms. The summed E-state index contributed by atoms with van der Waals surface area (Å²) in [5.74, 6) is 2.00. The van der Waals surface area contributed by atoms with Gasteiger partial charge in [-0.3, -0.25) is 4.90 Å². The summed E-state index contributed by atoms with van der Waals surface area (Å²) in [6.45, 7) is 2.34. The molecule has 1 saturated carbocycles. The number of nitrogens with zero attached hydrogens (tertiary/aromatic N) is 4. The number of hydrogen-bond donors (Lipinski definition) is 1. The van der Waals surface area contributed by atoms with Crippen molar-refractivity contribution in [1.82, 2.24) is 24.1 Å². The van der Waals surface area contributed by atoms with Crippen LogP contribution in [0.1, 0.15) is 24.6 Å². The molecule has 1 N–H and O–H groups in total. The number of methoxy groups -OCH3 is 1. The van der Waals surface area contributed by atoms with Gasteiger partial charge in [0.1, 0.15) is 6.61 Å². The molecule has 3 rings (SSSR count). The molecule has 0 radical (unpaired) electrons. The van der Waals surface area contributed by atoms with Gasteiger partial charge in [-0.2, -0.15) is 22.4 Å². The molecule has 136 valence electrons. The van der Waals surface area contributed by atoms with E-state index in [0.717, 1.165) is 6.54 Å². The first kappa shape index (κ1) is 17.7. The maximum Gasteiger partial charge on any atom is 0.279 e. The van der Waals surface area contributed by atoms with E-state index < -0.39 is 10.2 Å². The Labute approximate surface area is 142 Å². The van der Waals surface area contributed by atoms with Crippen LogP contribution in [0.4, 0.5) is 0 Å². The third-order valence-electron chi connectivity index (χ3n) is 4.59. The summed E-state index contributed by atoms with van der Waals surface area (Å²) in [5.41, 5.74) is 0. The van der Waals surface area contributed by atoms with E-state index in [0.29, 0.717) is 43.2 Å². The van der Waals surface area contributed by atoms with E-state index >= 15 is 0 Å². The molecule has 0 aromatic carbocycles. The lowest BCUT2D eigenvalue weighted by atomic mass is 9.99. The summed E-state index contributed by atoms with van der Waals surface area (Å²) in [5, 5.41) is 3.86. The van der Waals surface area contributed by atoms with Crippen molar-refractivity contribution < 1.29 is 17.7 Å². The Morgan fingerprint density at radius 3 is 2.75 bits per heavy atom. The number of hydrogen-bond acceptors (Lipinski definition) is 7. The van der Waals surface area contributed by atoms with Crippen molar-refractivity contribution in [3.8, 4) is 0 Å². The third kappa shape index (κ3) is 4.12. The van der Waals surface area contributed by atoms with Crippen molar-refractivity contribution in [2.75, 3.05) is 34.3 Å². The Balaban J connectivity index is 1.64. The quantitative estimate of drug-likeness (QED) is 0.687. The Kier molecular flexibility index (Phi) is 5.21. The highest BCUT2D eigenvalue weighted by molar-refractivity contribution is 7.87. The second-order valence-corrected chi connectivity index (χ2v) is 8.66. The van der Waals surface area contributed by atoms with Gasteiger partial charge in [-0.05, 0) is 24.7 Å². The molecule has 2 aliphatic rings. The maximum absolute atomic E-state index is 12.2. The Morgan fingerprint density at radius 2 is 2.12 bits per heavy atom. The smallest absolute Gasteiger partial charge is 0.279 e. The normalized spacial score (nSPS) is 25.7. The topological polar surface area (TPSA) is 101 Å². The van der Waals surface area contributed by atoms with Crippen molar-refractivity contribution in [2.45, 2.75) is 32.0 Å². The lowest BCUT2D eigenvalue weighted by Crippen LogP contribution is -2.46. The molecule has 1 aliphatic carbocycles. The third-order valence-corrected chi connectivity index (χ3v) is 6.15. The van der Waals surface area contributed by atoms with E-state index in [-0.39, 0.29) is 6.04 Å². The molecule has 0 unspecified atom stereocenters. The van der Waals surface area contributed by atoms with Gasteiger partial charge in [-0.25, -0.2) is 0 Å². The number of likely N-dealkylation sites (tertiary alicyclic amines) is 1. The number of ether oxygens (including phenoxy) is 1. The monoisotopic (exact) mass is 359 g/mol. The average Bonchev–Trinajstić information content (AvgIpc) is 3.14. The van der Waals surface area contributed by atoms with Crippen LogP contribution >= 0.6 is 0 Å². The van der Waals surface area contributed by atoms with Gasteiger partial charge in [0.15, 0.2) is 5.82 Å². The standard InChI is InChI=1S/C14H25N5O4S/c1-18(2)24(20,21)17-12-7-19(6-11(12)10-4-5-10)8-14-15-13(9-22-3)16-23-14/h10-12,17H,4-9H2,1-3H3/t11-,12+/m1/s1. The van der Waals surface area contributed by atoms with Crippen molar-refractivity contribution >= 4 is 10.2 Å². The van der Waals surface area contributed by atoms with Gasteiger partial charge in [0.05, 0.1) is 6.54 Å². The molecule has 2 heterocycles. The fourth-order valence-corrected chi connectivity index (χ4v) is 4.04. The SMILES string of the molecule is COCc1noc(CN2C[C@H](NS(=O)(=O)N(C)C)[C@@H](C3CC3)C2)n1. The first-order valence-corrected chi connectivity index (χ1v) is 9.55. The zero-order chi connectivity index (χ0) is 17.3. The minimum Gasteiger partial charge on any atom is -0.377 e. The van der Waals surface area contributed by atoms with E-state index in [1.165, 1.54) is 31.2 Å². The fraction of sp³-hybridized carbons (Fsp3) is 0.857. The summed E-state index contributed by atoms with van der Waals surface area (Å²) in [6.07, 6.45) is 2.36. The van der Waals surface area contributed by atoms with E-state index in [1.807, 2.05) is 0 Å². The molecule has 2 fully saturated rings. The van der Waals surface area contributed by atoms with Crippen LogP contribution in [0.5, 0.6) is 0 Å². The lowest BCUT2D eigenvalue weighted by molar-refractivity contribution is 0.174. The predicted octanol–water partition coefficient (Wildman–Crippen LogP) is -0.178. The second kappa shape index (κ2) is 7.04. The van der Waals surface area contributed by atoms with Crippen molar-refractivity contribution in [3.63, 3.8) is 0 Å². The van der Waals surface area contributed by atoms with Crippen molar-refractivity contribution in [1.29, 1.82) is 0 Å². The molecule has 0 amide bonds. The van der Waals surface area contributed by atoms with Gasteiger partial charge in [0.25, 0.3) is 10.2 Å². The van der Waals surface area contributed by atoms with Gasteiger partial charge < -0.3 is 9.26 Å². The summed E-state index contributed by atoms with van der Waals surface area (Å²) >= 11 is 0. The Hall–Kier alpha value is -1.07. The summed E-state index contributed by atoms with van der Waals surface area (Å²) in [4.78, 5) is 6.46. The largest absolute Gasteiger partial charge is 0.377 e. The molecule has 24 heavy (non-hydrogen) atoms. The number of rotatable bonds is 8. The minimum absolute atomic E-state index is 0.0775. The molecule has 1 saturated heterocycles. The van der Waals surface area contributed by atoms with E-state index in [2.05, 4.69) is 19.8 Å². The lowest BCUT2D eigenvalue weighted by Gasteiger charge is -2.21. The van der Waals surface area contributed by atoms with E-state index in [9.17, 15) is 8.42 Å². The zero-order valence-corrected chi connectivity index (χ0v) is 15.1. The number of aromatic nitrogens is 2. The second-order valence-electron chi connectivity index (χ2n) is 6.74. The van der Waals surface area contributed by atoms with Crippen LogP contribution in [0.3, 0.4) is 0 Å². The average molecular weight is 359 g/mol. The van der Waals surface area contributed by atoms with Crippen LogP contribution < -0.4 is 4.72 Å². The van der Waals surface area contributed by atoms with Crippen LogP contribution in [0.25, 0.3) is 0 Å². The Morgan fingerprint density at radius 1 is 1.38 bits per heavy atom. The molecule has 2 atom stereocenters. The molecule has 10 heteroatoms. The molecule has 0 spiro atoms.